The molecule has 2 aliphatic heterocycles. The van der Waals surface area contributed by atoms with Crippen LogP contribution in [-0.2, 0) is 23.9 Å². The maximum atomic E-state index is 12.8. The van der Waals surface area contributed by atoms with E-state index in [1.165, 1.54) is 12.1 Å². The molecule has 3 rings (SSSR count). The van der Waals surface area contributed by atoms with Gasteiger partial charge in [-0.1, -0.05) is 6.07 Å². The zero-order valence-corrected chi connectivity index (χ0v) is 13.0. The summed E-state index contributed by atoms with van der Waals surface area (Å²) in [4.78, 5) is 14.2. The Morgan fingerprint density at radius 1 is 1.30 bits per heavy atom. The molecule has 0 bridgehead atoms. The third kappa shape index (κ3) is 3.86. The van der Waals surface area contributed by atoms with Gasteiger partial charge in [0.1, 0.15) is 0 Å². The van der Waals surface area contributed by atoms with Gasteiger partial charge in [0, 0.05) is 19.5 Å². The van der Waals surface area contributed by atoms with Crippen LogP contribution in [0, 0.1) is 5.92 Å². The van der Waals surface area contributed by atoms with Crippen molar-refractivity contribution >= 4 is 5.91 Å². The number of hydrogen-bond donors (Lipinski definition) is 1. The number of alkyl halides is 3. The van der Waals surface area contributed by atoms with Crippen LogP contribution in [0.15, 0.2) is 18.2 Å². The molecule has 23 heavy (non-hydrogen) atoms. The van der Waals surface area contributed by atoms with E-state index < -0.39 is 11.7 Å². The molecule has 0 radical (unpaired) electrons. The summed E-state index contributed by atoms with van der Waals surface area (Å²) >= 11 is 0. The van der Waals surface area contributed by atoms with Gasteiger partial charge >= 0.3 is 6.18 Å². The van der Waals surface area contributed by atoms with Gasteiger partial charge in [0.15, 0.2) is 0 Å². The van der Waals surface area contributed by atoms with Crippen molar-refractivity contribution < 1.29 is 18.0 Å². The van der Waals surface area contributed by atoms with Crippen LogP contribution in [0.1, 0.15) is 36.0 Å². The number of halogens is 3. The van der Waals surface area contributed by atoms with Gasteiger partial charge in [-0.05, 0) is 61.5 Å². The van der Waals surface area contributed by atoms with Crippen LogP contribution in [0.2, 0.25) is 0 Å². The Morgan fingerprint density at radius 2 is 2.13 bits per heavy atom. The van der Waals surface area contributed by atoms with Gasteiger partial charge in [0.25, 0.3) is 0 Å². The minimum atomic E-state index is -4.31. The topological polar surface area (TPSA) is 32.3 Å². The third-order valence-corrected chi connectivity index (χ3v) is 4.76. The molecule has 3 nitrogen and oxygen atoms in total. The standard InChI is InChI=1S/C17H21F3N2O/c18-17(19,20)15-4-3-14-11-22(7-5-13(14)9-15)16(23)8-12-2-1-6-21-10-12/h3-4,9,12,21H,1-2,5-8,10-11H2. The lowest BCUT2D eigenvalue weighted by atomic mass is 9.93. The van der Waals surface area contributed by atoms with Gasteiger partial charge in [-0.3, -0.25) is 4.79 Å². The number of amides is 1. The molecule has 6 heteroatoms. The van der Waals surface area contributed by atoms with Crippen LogP contribution in [0.5, 0.6) is 0 Å². The maximum Gasteiger partial charge on any atom is 0.416 e. The summed E-state index contributed by atoms with van der Waals surface area (Å²) in [5, 5.41) is 3.30. The Labute approximate surface area is 133 Å². The van der Waals surface area contributed by atoms with E-state index in [1.807, 2.05) is 0 Å². The minimum Gasteiger partial charge on any atom is -0.338 e. The monoisotopic (exact) mass is 326 g/mol. The second kappa shape index (κ2) is 6.51. The second-order valence-corrected chi connectivity index (χ2v) is 6.46. The van der Waals surface area contributed by atoms with Crippen molar-refractivity contribution in [3.05, 3.63) is 34.9 Å². The lowest BCUT2D eigenvalue weighted by Crippen LogP contribution is -2.39. The number of nitrogens with one attached hydrogen (secondary N) is 1. The smallest absolute Gasteiger partial charge is 0.338 e. The average Bonchev–Trinajstić information content (AvgIpc) is 2.54. The van der Waals surface area contributed by atoms with E-state index in [4.69, 9.17) is 0 Å². The van der Waals surface area contributed by atoms with Gasteiger partial charge in [-0.2, -0.15) is 13.2 Å². The summed E-state index contributed by atoms with van der Waals surface area (Å²) in [5.74, 6) is 0.495. The predicted molar refractivity (Wildman–Crippen MR) is 80.8 cm³/mol. The van der Waals surface area contributed by atoms with Gasteiger partial charge in [-0.25, -0.2) is 0 Å². The molecule has 2 heterocycles. The first kappa shape index (κ1) is 16.3. The second-order valence-electron chi connectivity index (χ2n) is 6.46. The number of benzene rings is 1. The van der Waals surface area contributed by atoms with Crippen molar-refractivity contribution in [1.82, 2.24) is 10.2 Å². The molecule has 1 aromatic carbocycles. The highest BCUT2D eigenvalue weighted by atomic mass is 19.4. The highest BCUT2D eigenvalue weighted by molar-refractivity contribution is 5.76. The lowest BCUT2D eigenvalue weighted by molar-refractivity contribution is -0.138. The van der Waals surface area contributed by atoms with E-state index in [-0.39, 0.29) is 5.91 Å². The molecule has 0 saturated carbocycles. The molecule has 0 spiro atoms. The molecule has 0 aromatic heterocycles. The molecule has 1 atom stereocenters. The van der Waals surface area contributed by atoms with Crippen LogP contribution < -0.4 is 5.32 Å². The molecule has 1 aromatic rings. The molecule has 126 valence electrons. The fourth-order valence-electron chi connectivity index (χ4n) is 3.42. The normalized spacial score (nSPS) is 21.9. The molecule has 0 aliphatic carbocycles. The number of rotatable bonds is 2. The fraction of sp³-hybridized carbons (Fsp3) is 0.588. The first-order chi connectivity index (χ1) is 10.9. The Hall–Kier alpha value is -1.56. The van der Waals surface area contributed by atoms with E-state index in [0.717, 1.165) is 37.6 Å². The van der Waals surface area contributed by atoms with Gasteiger partial charge in [0.2, 0.25) is 5.91 Å². The van der Waals surface area contributed by atoms with Crippen LogP contribution in [0.25, 0.3) is 0 Å². The van der Waals surface area contributed by atoms with Crippen LogP contribution in [0.4, 0.5) is 13.2 Å². The van der Waals surface area contributed by atoms with E-state index in [2.05, 4.69) is 5.32 Å². The summed E-state index contributed by atoms with van der Waals surface area (Å²) in [6.07, 6.45) is -1.12. The van der Waals surface area contributed by atoms with Gasteiger partial charge in [-0.15, -0.1) is 0 Å². The molecule has 1 saturated heterocycles. The summed E-state index contributed by atoms with van der Waals surface area (Å²) in [6, 6.07) is 3.85. The zero-order valence-electron chi connectivity index (χ0n) is 13.0. The van der Waals surface area contributed by atoms with Crippen molar-refractivity contribution in [3.63, 3.8) is 0 Å². The molecule has 1 unspecified atom stereocenters. The molecule has 1 fully saturated rings. The Balaban J connectivity index is 1.64. The molecule has 2 aliphatic rings. The first-order valence-corrected chi connectivity index (χ1v) is 8.11. The third-order valence-electron chi connectivity index (χ3n) is 4.76. The van der Waals surface area contributed by atoms with Gasteiger partial charge < -0.3 is 10.2 Å². The highest BCUT2D eigenvalue weighted by Crippen LogP contribution is 2.32. The Kier molecular flexibility index (Phi) is 4.62. The lowest BCUT2D eigenvalue weighted by Gasteiger charge is -2.31. The minimum absolute atomic E-state index is 0.115. The number of nitrogens with zero attached hydrogens (tertiary/aromatic N) is 1. The van der Waals surface area contributed by atoms with Crippen molar-refractivity contribution in [2.45, 2.75) is 38.4 Å². The largest absolute Gasteiger partial charge is 0.416 e. The molecule has 1 amide bonds. The van der Waals surface area contributed by atoms with Crippen LogP contribution in [-0.4, -0.2) is 30.4 Å². The Bertz CT molecular complexity index is 580. The number of carbonyl (C=O) groups excluding carboxylic acids is 1. The number of fused-ring (bicyclic) bond motifs is 1. The van der Waals surface area contributed by atoms with E-state index in [9.17, 15) is 18.0 Å². The summed E-state index contributed by atoms with van der Waals surface area (Å²) in [5.41, 5.74) is 0.937. The summed E-state index contributed by atoms with van der Waals surface area (Å²) in [7, 11) is 0. The number of hydrogen-bond acceptors (Lipinski definition) is 2. The molecular formula is C17H21F3N2O. The van der Waals surface area contributed by atoms with Gasteiger partial charge in [0.05, 0.1) is 5.56 Å². The first-order valence-electron chi connectivity index (χ1n) is 8.11. The summed E-state index contributed by atoms with van der Waals surface area (Å²) in [6.45, 7) is 2.83. The van der Waals surface area contributed by atoms with E-state index in [1.54, 1.807) is 4.90 Å². The van der Waals surface area contributed by atoms with Crippen molar-refractivity contribution in [2.75, 3.05) is 19.6 Å². The number of piperidine rings is 1. The molecule has 1 N–H and O–H groups in total. The van der Waals surface area contributed by atoms with Crippen LogP contribution in [0.3, 0.4) is 0 Å². The number of carbonyl (C=O) groups is 1. The van der Waals surface area contributed by atoms with Crippen molar-refractivity contribution in [2.24, 2.45) is 5.92 Å². The van der Waals surface area contributed by atoms with Crippen molar-refractivity contribution in [1.29, 1.82) is 0 Å². The average molecular weight is 326 g/mol. The highest BCUT2D eigenvalue weighted by Gasteiger charge is 2.32. The van der Waals surface area contributed by atoms with Crippen molar-refractivity contribution in [3.8, 4) is 0 Å². The summed E-state index contributed by atoms with van der Waals surface area (Å²) < 4.78 is 38.3. The predicted octanol–water partition coefficient (Wildman–Crippen LogP) is 2.98. The maximum absolute atomic E-state index is 12.8. The van der Waals surface area contributed by atoms with E-state index in [0.29, 0.717) is 37.4 Å². The quantitative estimate of drug-likeness (QED) is 0.906. The fourth-order valence-corrected chi connectivity index (χ4v) is 3.42. The molecular weight excluding hydrogens is 305 g/mol. The Morgan fingerprint density at radius 3 is 2.83 bits per heavy atom. The zero-order chi connectivity index (χ0) is 16.4. The van der Waals surface area contributed by atoms with E-state index >= 15 is 0 Å². The SMILES string of the molecule is O=C(CC1CCCNC1)N1CCc2cc(C(F)(F)F)ccc2C1. The van der Waals surface area contributed by atoms with Crippen LogP contribution >= 0.6 is 0 Å².